The van der Waals surface area contributed by atoms with Crippen molar-refractivity contribution in [1.29, 1.82) is 0 Å². The van der Waals surface area contributed by atoms with Crippen LogP contribution in [0.5, 0.6) is 0 Å². The molecule has 94 valence electrons. The smallest absolute Gasteiger partial charge is 0.175 e. The van der Waals surface area contributed by atoms with Crippen LogP contribution in [0.1, 0.15) is 12.5 Å². The summed E-state index contributed by atoms with van der Waals surface area (Å²) in [5.41, 5.74) is 0.631. The minimum Gasteiger partial charge on any atom is -0.368 e. The molecule has 0 aromatic heterocycles. The molecule has 17 heavy (non-hydrogen) atoms. The lowest BCUT2D eigenvalue weighted by molar-refractivity contribution is -0.0572. The first-order chi connectivity index (χ1) is 7.92. The van der Waals surface area contributed by atoms with E-state index in [1.807, 2.05) is 19.1 Å². The molecule has 1 unspecified atom stereocenters. The molecule has 1 aromatic carbocycles. The van der Waals surface area contributed by atoms with Crippen molar-refractivity contribution in [2.45, 2.75) is 17.4 Å². The highest BCUT2D eigenvalue weighted by Gasteiger charge is 2.29. The van der Waals surface area contributed by atoms with Crippen molar-refractivity contribution in [2.24, 2.45) is 0 Å². The molecule has 2 rings (SSSR count). The normalized spacial score (nSPS) is 25.8. The van der Waals surface area contributed by atoms with Gasteiger partial charge in [-0.2, -0.15) is 0 Å². The van der Waals surface area contributed by atoms with Crippen LogP contribution in [0.15, 0.2) is 29.2 Å². The molecule has 1 fully saturated rings. The Kier molecular flexibility index (Phi) is 3.25. The molecule has 1 aliphatic rings. The van der Waals surface area contributed by atoms with Gasteiger partial charge in [0.05, 0.1) is 11.5 Å². The third kappa shape index (κ3) is 2.68. The van der Waals surface area contributed by atoms with Crippen LogP contribution in [0.3, 0.4) is 0 Å². The van der Waals surface area contributed by atoms with Crippen molar-refractivity contribution in [3.63, 3.8) is 0 Å². The minimum atomic E-state index is -3.13. The number of rotatable bonds is 2. The zero-order chi connectivity index (χ0) is 12.5. The zero-order valence-electron chi connectivity index (χ0n) is 10.1. The van der Waals surface area contributed by atoms with Gasteiger partial charge < -0.3 is 10.1 Å². The number of ether oxygens (including phenoxy) is 1. The summed E-state index contributed by atoms with van der Waals surface area (Å²) in [4.78, 5) is 0.341. The first kappa shape index (κ1) is 12.5. The van der Waals surface area contributed by atoms with E-state index in [1.54, 1.807) is 12.1 Å². The summed E-state index contributed by atoms with van der Waals surface area (Å²) in [7, 11) is -3.13. The van der Waals surface area contributed by atoms with Crippen LogP contribution in [-0.4, -0.2) is 34.4 Å². The van der Waals surface area contributed by atoms with Crippen LogP contribution in [0.4, 0.5) is 0 Å². The molecule has 1 N–H and O–H groups in total. The molecule has 0 spiro atoms. The first-order valence-electron chi connectivity index (χ1n) is 5.57. The Balaban J connectivity index is 2.29. The molecule has 0 aliphatic carbocycles. The number of nitrogens with one attached hydrogen (secondary N) is 1. The van der Waals surface area contributed by atoms with E-state index in [1.165, 1.54) is 6.26 Å². The van der Waals surface area contributed by atoms with Gasteiger partial charge >= 0.3 is 0 Å². The summed E-state index contributed by atoms with van der Waals surface area (Å²) in [6.45, 7) is 4.28. The Morgan fingerprint density at radius 2 is 1.94 bits per heavy atom. The summed E-state index contributed by atoms with van der Waals surface area (Å²) < 4.78 is 28.5. The molecule has 0 amide bonds. The lowest BCUT2D eigenvalue weighted by Gasteiger charge is -2.34. The average Bonchev–Trinajstić information content (AvgIpc) is 2.29. The molecule has 0 saturated carbocycles. The van der Waals surface area contributed by atoms with Crippen LogP contribution in [0.25, 0.3) is 0 Å². The van der Waals surface area contributed by atoms with Crippen LogP contribution < -0.4 is 5.32 Å². The fourth-order valence-electron chi connectivity index (χ4n) is 1.97. The lowest BCUT2D eigenvalue weighted by atomic mass is 9.95. The van der Waals surface area contributed by atoms with Crippen molar-refractivity contribution < 1.29 is 13.2 Å². The van der Waals surface area contributed by atoms with E-state index in [-0.39, 0.29) is 5.60 Å². The molecule has 1 atom stereocenters. The molecule has 1 saturated heterocycles. The molecule has 5 heteroatoms. The van der Waals surface area contributed by atoms with Crippen LogP contribution in [-0.2, 0) is 20.2 Å². The SMILES string of the molecule is CC1(c2ccc(S(C)(=O)=O)cc2)CNCCO1. The quantitative estimate of drug-likeness (QED) is 0.854. The average molecular weight is 255 g/mol. The number of hydrogen-bond donors (Lipinski definition) is 1. The van der Waals surface area contributed by atoms with Gasteiger partial charge in [-0.05, 0) is 24.6 Å². The summed E-state index contributed by atoms with van der Waals surface area (Å²) in [6, 6.07) is 6.91. The van der Waals surface area contributed by atoms with E-state index in [0.29, 0.717) is 11.5 Å². The third-order valence-electron chi connectivity index (χ3n) is 3.05. The lowest BCUT2D eigenvalue weighted by Crippen LogP contribution is -2.45. The van der Waals surface area contributed by atoms with E-state index in [4.69, 9.17) is 4.74 Å². The Hall–Kier alpha value is -0.910. The van der Waals surface area contributed by atoms with E-state index in [2.05, 4.69) is 5.32 Å². The van der Waals surface area contributed by atoms with E-state index in [9.17, 15) is 8.42 Å². The topological polar surface area (TPSA) is 55.4 Å². The van der Waals surface area contributed by atoms with Gasteiger partial charge in [-0.25, -0.2) is 8.42 Å². The van der Waals surface area contributed by atoms with E-state index < -0.39 is 9.84 Å². The number of sulfone groups is 1. The maximum Gasteiger partial charge on any atom is 0.175 e. The van der Waals surface area contributed by atoms with Crippen LogP contribution in [0.2, 0.25) is 0 Å². The van der Waals surface area contributed by atoms with Crippen molar-refractivity contribution in [3.8, 4) is 0 Å². The van der Waals surface area contributed by atoms with Gasteiger partial charge in [-0.1, -0.05) is 12.1 Å². The van der Waals surface area contributed by atoms with E-state index >= 15 is 0 Å². The molecular weight excluding hydrogens is 238 g/mol. The largest absolute Gasteiger partial charge is 0.368 e. The standard InChI is InChI=1S/C12H17NO3S/c1-12(9-13-7-8-16-12)10-3-5-11(6-4-10)17(2,14)15/h3-6,13H,7-9H2,1-2H3. The highest BCUT2D eigenvalue weighted by atomic mass is 32.2. The number of hydrogen-bond acceptors (Lipinski definition) is 4. The second-order valence-electron chi connectivity index (χ2n) is 4.55. The van der Waals surface area contributed by atoms with Crippen molar-refractivity contribution in [1.82, 2.24) is 5.32 Å². The summed E-state index contributed by atoms with van der Waals surface area (Å²) in [5, 5.41) is 3.28. The molecule has 0 bridgehead atoms. The van der Waals surface area contributed by atoms with Crippen molar-refractivity contribution >= 4 is 9.84 Å². The predicted molar refractivity (Wildman–Crippen MR) is 65.7 cm³/mol. The Labute approximate surface area is 102 Å². The second kappa shape index (κ2) is 4.40. The molecule has 4 nitrogen and oxygen atoms in total. The summed E-state index contributed by atoms with van der Waals surface area (Å²) >= 11 is 0. The molecular formula is C12H17NO3S. The number of benzene rings is 1. The zero-order valence-corrected chi connectivity index (χ0v) is 10.9. The third-order valence-corrected chi connectivity index (χ3v) is 4.18. The summed E-state index contributed by atoms with van der Waals surface area (Å²) in [6.07, 6.45) is 1.21. The van der Waals surface area contributed by atoms with Crippen molar-refractivity contribution in [3.05, 3.63) is 29.8 Å². The van der Waals surface area contributed by atoms with Gasteiger partial charge in [0.15, 0.2) is 9.84 Å². The van der Waals surface area contributed by atoms with Crippen molar-refractivity contribution in [2.75, 3.05) is 26.0 Å². The number of morpholine rings is 1. The predicted octanol–water partition coefficient (Wildman–Crippen LogP) is 0.925. The Morgan fingerprint density at radius 1 is 1.29 bits per heavy atom. The van der Waals surface area contributed by atoms with Gasteiger partial charge in [-0.15, -0.1) is 0 Å². The molecule has 0 radical (unpaired) electrons. The summed E-state index contributed by atoms with van der Waals surface area (Å²) in [5.74, 6) is 0. The Bertz CT molecular complexity index is 487. The molecule has 1 heterocycles. The fraction of sp³-hybridized carbons (Fsp3) is 0.500. The van der Waals surface area contributed by atoms with Gasteiger partial charge in [0.2, 0.25) is 0 Å². The van der Waals surface area contributed by atoms with Crippen LogP contribution >= 0.6 is 0 Å². The minimum absolute atomic E-state index is 0.341. The highest BCUT2D eigenvalue weighted by Crippen LogP contribution is 2.27. The van der Waals surface area contributed by atoms with E-state index in [0.717, 1.165) is 18.7 Å². The van der Waals surface area contributed by atoms with Gasteiger partial charge in [0, 0.05) is 19.3 Å². The van der Waals surface area contributed by atoms with Gasteiger partial charge in [0.25, 0.3) is 0 Å². The Morgan fingerprint density at radius 3 is 2.41 bits per heavy atom. The maximum absolute atomic E-state index is 11.4. The highest BCUT2D eigenvalue weighted by molar-refractivity contribution is 7.90. The maximum atomic E-state index is 11.4. The molecule has 1 aromatic rings. The monoisotopic (exact) mass is 255 g/mol. The van der Waals surface area contributed by atoms with Crippen LogP contribution in [0, 0.1) is 0 Å². The van der Waals surface area contributed by atoms with Gasteiger partial charge in [0.1, 0.15) is 5.60 Å². The van der Waals surface area contributed by atoms with Gasteiger partial charge in [-0.3, -0.25) is 0 Å². The second-order valence-corrected chi connectivity index (χ2v) is 6.57. The fourth-order valence-corrected chi connectivity index (χ4v) is 2.60. The first-order valence-corrected chi connectivity index (χ1v) is 7.46. The molecule has 1 aliphatic heterocycles.